The SMILES string of the molecule is CCOc1ccc(/C=c2\[nH]c(=O)/c(=C/c3ccc(NC(C)=O)cc3)n(C)c2=O)cc1. The number of carbonyl (C=O) groups excluding carboxylic acids is 1. The second-order valence-electron chi connectivity index (χ2n) is 6.71. The summed E-state index contributed by atoms with van der Waals surface area (Å²) in [7, 11) is 1.56. The second kappa shape index (κ2) is 9.09. The van der Waals surface area contributed by atoms with Gasteiger partial charge in [-0.25, -0.2) is 0 Å². The van der Waals surface area contributed by atoms with Crippen LogP contribution < -0.4 is 31.9 Å². The zero-order valence-electron chi connectivity index (χ0n) is 17.1. The van der Waals surface area contributed by atoms with E-state index in [9.17, 15) is 14.4 Å². The maximum Gasteiger partial charge on any atom is 0.274 e. The third-order valence-electron chi connectivity index (χ3n) is 4.41. The lowest BCUT2D eigenvalue weighted by Gasteiger charge is -2.03. The molecular formula is C23H23N3O4. The van der Waals surface area contributed by atoms with E-state index in [4.69, 9.17) is 4.74 Å². The minimum atomic E-state index is -0.375. The monoisotopic (exact) mass is 405 g/mol. The highest BCUT2D eigenvalue weighted by atomic mass is 16.5. The largest absolute Gasteiger partial charge is 0.494 e. The average Bonchev–Trinajstić information content (AvgIpc) is 2.72. The molecule has 0 saturated heterocycles. The summed E-state index contributed by atoms with van der Waals surface area (Å²) in [5.41, 5.74) is 1.47. The van der Waals surface area contributed by atoms with Crippen LogP contribution in [-0.4, -0.2) is 22.1 Å². The van der Waals surface area contributed by atoms with E-state index in [-0.39, 0.29) is 27.7 Å². The molecule has 0 spiro atoms. The fraction of sp³-hybridized carbons (Fsp3) is 0.174. The van der Waals surface area contributed by atoms with Crippen molar-refractivity contribution < 1.29 is 9.53 Å². The summed E-state index contributed by atoms with van der Waals surface area (Å²) in [5, 5.41) is 3.11. The van der Waals surface area contributed by atoms with Gasteiger partial charge in [0.15, 0.2) is 0 Å². The number of nitrogens with zero attached hydrogens (tertiary/aromatic N) is 1. The first-order valence-electron chi connectivity index (χ1n) is 9.50. The van der Waals surface area contributed by atoms with E-state index in [1.165, 1.54) is 11.5 Å². The van der Waals surface area contributed by atoms with E-state index in [1.54, 1.807) is 43.5 Å². The van der Waals surface area contributed by atoms with Gasteiger partial charge in [0.1, 0.15) is 16.4 Å². The third-order valence-corrected chi connectivity index (χ3v) is 4.41. The summed E-state index contributed by atoms with van der Waals surface area (Å²) in [6.07, 6.45) is 3.25. The molecule has 2 aromatic carbocycles. The number of hydrogen-bond donors (Lipinski definition) is 2. The first-order valence-corrected chi connectivity index (χ1v) is 9.50. The fourth-order valence-corrected chi connectivity index (χ4v) is 2.96. The molecule has 0 aliphatic heterocycles. The van der Waals surface area contributed by atoms with Crippen molar-refractivity contribution in [2.24, 2.45) is 7.05 Å². The molecule has 30 heavy (non-hydrogen) atoms. The van der Waals surface area contributed by atoms with Crippen LogP contribution in [-0.2, 0) is 11.8 Å². The third kappa shape index (κ3) is 4.94. The lowest BCUT2D eigenvalue weighted by Crippen LogP contribution is -2.52. The van der Waals surface area contributed by atoms with Crippen LogP contribution in [0.4, 0.5) is 5.69 Å². The summed E-state index contributed by atoms with van der Waals surface area (Å²) < 4.78 is 6.73. The van der Waals surface area contributed by atoms with Gasteiger partial charge in [-0.15, -0.1) is 0 Å². The van der Waals surface area contributed by atoms with Gasteiger partial charge in [-0.3, -0.25) is 14.4 Å². The van der Waals surface area contributed by atoms with Crippen molar-refractivity contribution in [3.8, 4) is 5.75 Å². The number of anilines is 1. The normalized spacial score (nSPS) is 12.1. The van der Waals surface area contributed by atoms with E-state index >= 15 is 0 Å². The van der Waals surface area contributed by atoms with E-state index in [1.807, 2.05) is 31.2 Å². The Morgan fingerprint density at radius 3 is 2.23 bits per heavy atom. The number of rotatable bonds is 5. The van der Waals surface area contributed by atoms with Crippen molar-refractivity contribution in [3.63, 3.8) is 0 Å². The second-order valence-corrected chi connectivity index (χ2v) is 6.71. The molecular weight excluding hydrogens is 382 g/mol. The highest BCUT2D eigenvalue weighted by Crippen LogP contribution is 2.12. The molecule has 7 heteroatoms. The maximum absolute atomic E-state index is 12.8. The number of ether oxygens (including phenoxy) is 1. The minimum absolute atomic E-state index is 0.162. The van der Waals surface area contributed by atoms with Crippen molar-refractivity contribution in [3.05, 3.63) is 91.1 Å². The van der Waals surface area contributed by atoms with E-state index < -0.39 is 0 Å². The highest BCUT2D eigenvalue weighted by Gasteiger charge is 2.03. The number of amides is 1. The molecule has 0 aliphatic carbocycles. The molecule has 7 nitrogen and oxygen atoms in total. The van der Waals surface area contributed by atoms with Crippen LogP contribution in [0.5, 0.6) is 5.75 Å². The first kappa shape index (κ1) is 20.9. The summed E-state index contributed by atoms with van der Waals surface area (Å²) in [4.78, 5) is 39.1. The first-order chi connectivity index (χ1) is 14.4. The summed E-state index contributed by atoms with van der Waals surface area (Å²) in [6, 6.07) is 14.2. The number of H-pyrrole nitrogens is 1. The van der Waals surface area contributed by atoms with Crippen LogP contribution in [0.3, 0.4) is 0 Å². The van der Waals surface area contributed by atoms with E-state index in [0.717, 1.165) is 16.9 Å². The Morgan fingerprint density at radius 2 is 1.63 bits per heavy atom. The predicted molar refractivity (Wildman–Crippen MR) is 117 cm³/mol. The molecule has 1 amide bonds. The van der Waals surface area contributed by atoms with E-state index in [0.29, 0.717) is 12.3 Å². The predicted octanol–water partition coefficient (Wildman–Crippen LogP) is 1.09. The van der Waals surface area contributed by atoms with Crippen LogP contribution in [0, 0.1) is 0 Å². The van der Waals surface area contributed by atoms with Gasteiger partial charge in [0, 0.05) is 19.7 Å². The van der Waals surface area contributed by atoms with Crippen molar-refractivity contribution in [2.75, 3.05) is 11.9 Å². The zero-order chi connectivity index (χ0) is 21.7. The summed E-state index contributed by atoms with van der Waals surface area (Å²) >= 11 is 0. The van der Waals surface area contributed by atoms with Gasteiger partial charge in [0.25, 0.3) is 11.1 Å². The van der Waals surface area contributed by atoms with Crippen molar-refractivity contribution in [2.45, 2.75) is 13.8 Å². The van der Waals surface area contributed by atoms with Gasteiger partial charge in [-0.1, -0.05) is 24.3 Å². The Kier molecular flexibility index (Phi) is 6.32. The molecule has 1 aromatic heterocycles. The number of aromatic nitrogens is 2. The maximum atomic E-state index is 12.8. The smallest absolute Gasteiger partial charge is 0.274 e. The van der Waals surface area contributed by atoms with Crippen LogP contribution in [0.15, 0.2) is 58.1 Å². The standard InChI is InChI=1S/C23H23N3O4/c1-4-30-19-11-7-16(8-12-19)13-20-23(29)26(3)21(22(28)25-20)14-17-5-9-18(10-6-17)24-15(2)27/h5-14H,4H2,1-3H3,(H,24,27)(H,25,28)/b20-13-,21-14-. The highest BCUT2D eigenvalue weighted by molar-refractivity contribution is 5.88. The van der Waals surface area contributed by atoms with Gasteiger partial charge < -0.3 is 19.6 Å². The molecule has 154 valence electrons. The topological polar surface area (TPSA) is 93.2 Å². The van der Waals surface area contributed by atoms with Gasteiger partial charge in [-0.2, -0.15) is 0 Å². The number of benzene rings is 2. The number of aromatic amines is 1. The molecule has 0 radical (unpaired) electrons. The van der Waals surface area contributed by atoms with Crippen LogP contribution in [0.2, 0.25) is 0 Å². The van der Waals surface area contributed by atoms with Gasteiger partial charge in [-0.05, 0) is 54.5 Å². The van der Waals surface area contributed by atoms with Crippen LogP contribution in [0.25, 0.3) is 12.2 Å². The number of carbonyl (C=O) groups is 1. The molecule has 0 atom stereocenters. The molecule has 0 unspecified atom stereocenters. The number of hydrogen-bond acceptors (Lipinski definition) is 4. The molecule has 3 aromatic rings. The Morgan fingerprint density at radius 1 is 1.03 bits per heavy atom. The van der Waals surface area contributed by atoms with Gasteiger partial charge in [0.2, 0.25) is 5.91 Å². The molecule has 0 aliphatic rings. The Balaban J connectivity index is 2.00. The van der Waals surface area contributed by atoms with Crippen molar-refractivity contribution in [1.82, 2.24) is 9.55 Å². The van der Waals surface area contributed by atoms with Gasteiger partial charge in [0.05, 0.1) is 6.61 Å². The molecule has 0 bridgehead atoms. The lowest BCUT2D eigenvalue weighted by atomic mass is 10.2. The average molecular weight is 405 g/mol. The Hall–Kier alpha value is -3.87. The lowest BCUT2D eigenvalue weighted by molar-refractivity contribution is -0.114. The minimum Gasteiger partial charge on any atom is -0.494 e. The molecule has 0 fully saturated rings. The van der Waals surface area contributed by atoms with Gasteiger partial charge >= 0.3 is 0 Å². The van der Waals surface area contributed by atoms with Crippen molar-refractivity contribution in [1.29, 1.82) is 0 Å². The molecule has 1 heterocycles. The Labute approximate surface area is 173 Å². The van der Waals surface area contributed by atoms with Crippen LogP contribution in [0.1, 0.15) is 25.0 Å². The summed E-state index contributed by atoms with van der Waals surface area (Å²) in [5.74, 6) is 0.579. The van der Waals surface area contributed by atoms with Crippen LogP contribution >= 0.6 is 0 Å². The molecule has 0 saturated carbocycles. The van der Waals surface area contributed by atoms with Crippen molar-refractivity contribution >= 4 is 23.7 Å². The molecule has 3 rings (SSSR count). The molecule has 2 N–H and O–H groups in total. The van der Waals surface area contributed by atoms with E-state index in [2.05, 4.69) is 10.3 Å². The zero-order valence-corrected chi connectivity index (χ0v) is 17.1. The summed E-state index contributed by atoms with van der Waals surface area (Å²) in [6.45, 7) is 3.91. The quantitative estimate of drug-likeness (QED) is 0.665. The Bertz CT molecular complexity index is 1280. The number of nitrogens with one attached hydrogen (secondary N) is 2. The fourth-order valence-electron chi connectivity index (χ4n) is 2.96.